The van der Waals surface area contributed by atoms with Crippen LogP contribution in [-0.4, -0.2) is 109 Å². The lowest BCUT2D eigenvalue weighted by molar-refractivity contribution is 0.0599. The van der Waals surface area contributed by atoms with E-state index in [-0.39, 0.29) is 0 Å². The van der Waals surface area contributed by atoms with Crippen molar-refractivity contribution >= 4 is 17.6 Å². The summed E-state index contributed by atoms with van der Waals surface area (Å²) < 4.78 is 46.9. The molecule has 11 heteroatoms. The van der Waals surface area contributed by atoms with E-state index in [1.807, 2.05) is 41.5 Å². The lowest BCUT2D eigenvalue weighted by Gasteiger charge is -2.28. The molecule has 34 heavy (non-hydrogen) atoms. The summed E-state index contributed by atoms with van der Waals surface area (Å²) in [6, 6.07) is 1.57. The fraction of sp³-hybridized carbons (Fsp3) is 1.00. The monoisotopic (exact) mass is 527 g/mol. The third-order valence-electron chi connectivity index (χ3n) is 4.96. The second-order valence-electron chi connectivity index (χ2n) is 7.70. The molecule has 0 aromatic rings. The van der Waals surface area contributed by atoms with E-state index in [9.17, 15) is 0 Å². The van der Waals surface area contributed by atoms with Crippen molar-refractivity contribution in [3.63, 3.8) is 0 Å². The molecule has 0 saturated heterocycles. The molecule has 0 aliphatic heterocycles. The number of rotatable bonds is 26. The number of nitrogens with zero attached hydrogens (tertiary/aromatic N) is 1. The number of likely N-dealkylation sites (N-methyl/N-ethyl adjacent to an activating group) is 1. The molecule has 0 aromatic carbocycles. The summed E-state index contributed by atoms with van der Waals surface area (Å²) in [5.41, 5.74) is 0. The highest BCUT2D eigenvalue weighted by Gasteiger charge is 2.40. The van der Waals surface area contributed by atoms with Crippen LogP contribution < -0.4 is 0 Å². The molecule has 0 aromatic heterocycles. The van der Waals surface area contributed by atoms with Crippen LogP contribution in [0.15, 0.2) is 0 Å². The van der Waals surface area contributed by atoms with Gasteiger partial charge in [-0.25, -0.2) is 0 Å². The Hall–Kier alpha value is 0.0738. The number of ether oxygens (including phenoxy) is 2. The zero-order chi connectivity index (χ0) is 25.5. The molecule has 0 fully saturated rings. The van der Waals surface area contributed by atoms with Gasteiger partial charge in [0.25, 0.3) is 0 Å². The molecular weight excluding hydrogens is 474 g/mol. The fourth-order valence-electron chi connectivity index (χ4n) is 3.54. The topological polar surface area (TPSA) is 77.1 Å². The van der Waals surface area contributed by atoms with E-state index in [1.54, 1.807) is 0 Å². The zero-order valence-electron chi connectivity index (χ0n) is 23.0. The molecule has 0 aliphatic carbocycles. The van der Waals surface area contributed by atoms with Crippen LogP contribution in [0.5, 0.6) is 0 Å². The van der Waals surface area contributed by atoms with Gasteiger partial charge in [0.2, 0.25) is 0 Å². The van der Waals surface area contributed by atoms with Crippen molar-refractivity contribution in [3.8, 4) is 0 Å². The average molecular weight is 528 g/mol. The molecule has 0 radical (unpaired) electrons. The van der Waals surface area contributed by atoms with Crippen LogP contribution >= 0.6 is 0 Å². The summed E-state index contributed by atoms with van der Waals surface area (Å²) in [6.45, 7) is 20.0. The quantitative estimate of drug-likeness (QED) is 0.123. The molecule has 9 nitrogen and oxygen atoms in total. The second-order valence-corrected chi connectivity index (χ2v) is 13.2. The third-order valence-corrected chi connectivity index (χ3v) is 11.3. The van der Waals surface area contributed by atoms with E-state index in [0.717, 1.165) is 38.0 Å². The molecule has 0 heterocycles. The predicted octanol–water partition coefficient (Wildman–Crippen LogP) is 3.83. The smallest absolute Gasteiger partial charge is 0.380 e. The molecule has 0 saturated carbocycles. The average Bonchev–Trinajstić information content (AvgIpc) is 2.79. The molecule has 206 valence electrons. The molecule has 0 aliphatic rings. The van der Waals surface area contributed by atoms with Crippen molar-refractivity contribution in [3.05, 3.63) is 0 Å². The minimum Gasteiger partial charge on any atom is -0.380 e. The largest absolute Gasteiger partial charge is 0.501 e. The van der Waals surface area contributed by atoms with Crippen LogP contribution in [0, 0.1) is 0 Å². The maximum absolute atomic E-state index is 5.88. The SMILES string of the molecule is CCO[Si](CCCOCCN(C)CCOCCC[Si](OCC)(OCC)OCC)(OCC)OCC. The van der Waals surface area contributed by atoms with Gasteiger partial charge in [-0.05, 0) is 61.4 Å². The Labute approximate surface area is 211 Å². The first-order chi connectivity index (χ1) is 16.5. The molecule has 0 unspecified atom stereocenters. The summed E-state index contributed by atoms with van der Waals surface area (Å²) in [4.78, 5) is 2.22. The van der Waals surface area contributed by atoms with E-state index in [4.69, 9.17) is 36.0 Å². The molecule has 0 spiro atoms. The van der Waals surface area contributed by atoms with Gasteiger partial charge in [-0.15, -0.1) is 0 Å². The Morgan fingerprint density at radius 2 is 0.765 bits per heavy atom. The van der Waals surface area contributed by atoms with Crippen molar-refractivity contribution in [1.82, 2.24) is 4.90 Å². The highest BCUT2D eigenvalue weighted by molar-refractivity contribution is 6.61. The van der Waals surface area contributed by atoms with Gasteiger partial charge in [0.05, 0.1) is 13.2 Å². The van der Waals surface area contributed by atoms with Crippen molar-refractivity contribution in [2.75, 3.05) is 86.2 Å². The fourth-order valence-corrected chi connectivity index (χ4v) is 8.70. The Morgan fingerprint density at radius 3 is 1.03 bits per heavy atom. The summed E-state index contributed by atoms with van der Waals surface area (Å²) in [6.07, 6.45) is 1.74. The molecule has 0 N–H and O–H groups in total. The van der Waals surface area contributed by atoms with E-state index in [1.165, 1.54) is 0 Å². The van der Waals surface area contributed by atoms with Gasteiger partial charge in [-0.1, -0.05) is 0 Å². The molecule has 0 atom stereocenters. The molecule has 0 amide bonds. The van der Waals surface area contributed by atoms with Crippen LogP contribution in [0.25, 0.3) is 0 Å². The number of hydrogen-bond acceptors (Lipinski definition) is 9. The highest BCUT2D eigenvalue weighted by Crippen LogP contribution is 2.19. The van der Waals surface area contributed by atoms with Crippen LogP contribution in [0.1, 0.15) is 54.4 Å². The van der Waals surface area contributed by atoms with Crippen molar-refractivity contribution in [2.45, 2.75) is 66.5 Å². The van der Waals surface area contributed by atoms with Crippen LogP contribution in [-0.2, 0) is 36.0 Å². The first-order valence-electron chi connectivity index (χ1n) is 13.1. The zero-order valence-corrected chi connectivity index (χ0v) is 25.0. The molecular formula is C23H53NO8Si2. The number of hydrogen-bond donors (Lipinski definition) is 0. The highest BCUT2D eigenvalue weighted by atomic mass is 28.4. The van der Waals surface area contributed by atoms with Gasteiger partial charge >= 0.3 is 17.6 Å². The minimum absolute atomic E-state index is 0.605. The van der Waals surface area contributed by atoms with E-state index >= 15 is 0 Å². The van der Waals surface area contributed by atoms with Crippen molar-refractivity contribution < 1.29 is 36.0 Å². The van der Waals surface area contributed by atoms with Crippen LogP contribution in [0.2, 0.25) is 12.1 Å². The molecule has 0 bridgehead atoms. The van der Waals surface area contributed by atoms with E-state index in [2.05, 4.69) is 11.9 Å². The normalized spacial score (nSPS) is 12.7. The van der Waals surface area contributed by atoms with Gasteiger partial charge in [0.15, 0.2) is 0 Å². The van der Waals surface area contributed by atoms with Gasteiger partial charge in [-0.2, -0.15) is 0 Å². The van der Waals surface area contributed by atoms with Gasteiger partial charge in [0, 0.05) is 78.0 Å². The summed E-state index contributed by atoms with van der Waals surface area (Å²) >= 11 is 0. The summed E-state index contributed by atoms with van der Waals surface area (Å²) in [7, 11) is -3.04. The minimum atomic E-state index is -2.56. The van der Waals surface area contributed by atoms with Gasteiger partial charge < -0.3 is 40.9 Å². The standard InChI is InChI=1S/C23H53NO8Si2/c1-8-27-33(28-9-2,29-10-3)22-14-18-25-20-16-24(7)17-21-26-19-15-23-34(30-11-4,31-12-5)32-13-6/h8-23H2,1-7H3. The Kier molecular flexibility index (Phi) is 22.3. The van der Waals surface area contributed by atoms with E-state index < -0.39 is 17.6 Å². The van der Waals surface area contributed by atoms with Crippen LogP contribution in [0.3, 0.4) is 0 Å². The summed E-state index contributed by atoms with van der Waals surface area (Å²) in [5.74, 6) is 0. The van der Waals surface area contributed by atoms with Gasteiger partial charge in [-0.3, -0.25) is 0 Å². The second kappa shape index (κ2) is 22.3. The molecule has 0 rings (SSSR count). The Morgan fingerprint density at radius 1 is 0.471 bits per heavy atom. The Balaban J connectivity index is 3.96. The van der Waals surface area contributed by atoms with Gasteiger partial charge in [0.1, 0.15) is 0 Å². The first-order valence-corrected chi connectivity index (χ1v) is 17.0. The maximum Gasteiger partial charge on any atom is 0.501 e. The third kappa shape index (κ3) is 15.9. The summed E-state index contributed by atoms with van der Waals surface area (Å²) in [5, 5.41) is 0. The lowest BCUT2D eigenvalue weighted by Crippen LogP contribution is -2.46. The van der Waals surface area contributed by atoms with E-state index in [0.29, 0.717) is 66.1 Å². The lowest BCUT2D eigenvalue weighted by atomic mass is 10.5. The van der Waals surface area contributed by atoms with Crippen LogP contribution in [0.4, 0.5) is 0 Å². The predicted molar refractivity (Wildman–Crippen MR) is 139 cm³/mol. The Bertz CT molecular complexity index is 379. The van der Waals surface area contributed by atoms with Crippen molar-refractivity contribution in [2.24, 2.45) is 0 Å². The maximum atomic E-state index is 5.88. The van der Waals surface area contributed by atoms with Crippen molar-refractivity contribution in [1.29, 1.82) is 0 Å². The first kappa shape index (κ1) is 34.1.